The molecule has 0 spiro atoms. The maximum absolute atomic E-state index is 5.24. The van der Waals surface area contributed by atoms with Crippen LogP contribution in [0.5, 0.6) is 0 Å². The van der Waals surface area contributed by atoms with Crippen LogP contribution < -0.4 is 0 Å². The van der Waals surface area contributed by atoms with Gasteiger partial charge in [0.1, 0.15) is 0 Å². The molecule has 0 aromatic carbocycles. The molecule has 2 heteroatoms. The lowest BCUT2D eigenvalue weighted by Crippen LogP contribution is -1.88. The van der Waals surface area contributed by atoms with Crippen LogP contribution in [0.1, 0.15) is 24.6 Å². The molecule has 0 aliphatic heterocycles. The Hall–Kier alpha value is -1.88. The van der Waals surface area contributed by atoms with E-state index in [0.717, 1.165) is 23.4 Å². The molecule has 0 radical (unpaired) electrons. The monoisotopic (exact) mass is 198 g/mol. The first-order chi connectivity index (χ1) is 7.27. The van der Waals surface area contributed by atoms with Crippen molar-refractivity contribution in [3.05, 3.63) is 35.7 Å². The Labute approximate surface area is 90.8 Å². The molecule has 0 bridgehead atoms. The summed E-state index contributed by atoms with van der Waals surface area (Å²) in [5, 5.41) is 0. The summed E-state index contributed by atoms with van der Waals surface area (Å²) in [7, 11) is 0. The maximum Gasteiger partial charge on any atom is 0.0965 e. The Bertz CT molecular complexity index is 405. The summed E-state index contributed by atoms with van der Waals surface area (Å²) in [5.41, 5.74) is 2.67. The van der Waals surface area contributed by atoms with E-state index >= 15 is 0 Å². The summed E-state index contributed by atoms with van der Waals surface area (Å²) < 4.78 is 0. The predicted octanol–water partition coefficient (Wildman–Crippen LogP) is 2.84. The van der Waals surface area contributed by atoms with Crippen LogP contribution in [0.15, 0.2) is 29.4 Å². The highest BCUT2D eigenvalue weighted by Crippen LogP contribution is 2.12. The molecule has 0 saturated heterocycles. The second-order valence-corrected chi connectivity index (χ2v) is 3.14. The molecule has 0 aliphatic rings. The van der Waals surface area contributed by atoms with Crippen molar-refractivity contribution < 1.29 is 0 Å². The second-order valence-electron chi connectivity index (χ2n) is 3.14. The molecule has 0 saturated carbocycles. The summed E-state index contributed by atoms with van der Waals surface area (Å²) in [5.74, 6) is 2.47. The van der Waals surface area contributed by atoms with E-state index < -0.39 is 0 Å². The number of terminal acetylenes is 1. The highest BCUT2D eigenvalue weighted by molar-refractivity contribution is 5.73. The van der Waals surface area contributed by atoms with Crippen molar-refractivity contribution in [2.24, 2.45) is 4.99 Å². The van der Waals surface area contributed by atoms with Gasteiger partial charge in [0.25, 0.3) is 0 Å². The lowest BCUT2D eigenvalue weighted by atomic mass is 10.2. The fourth-order valence-corrected chi connectivity index (χ4v) is 1.07. The number of hydrogen-bond acceptors (Lipinski definition) is 2. The molecule has 1 rings (SSSR count). The summed E-state index contributed by atoms with van der Waals surface area (Å²) >= 11 is 0. The van der Waals surface area contributed by atoms with Gasteiger partial charge in [0.2, 0.25) is 0 Å². The van der Waals surface area contributed by atoms with Gasteiger partial charge in [-0.25, -0.2) is 0 Å². The smallest absolute Gasteiger partial charge is 0.0965 e. The normalized spacial score (nSPS) is 11.7. The van der Waals surface area contributed by atoms with E-state index in [1.165, 1.54) is 0 Å². The molecule has 0 N–H and O–H groups in total. The van der Waals surface area contributed by atoms with Crippen LogP contribution in [0.4, 0.5) is 0 Å². The molecule has 0 unspecified atom stereocenters. The van der Waals surface area contributed by atoms with Crippen molar-refractivity contribution in [2.75, 3.05) is 0 Å². The zero-order valence-electron chi connectivity index (χ0n) is 9.07. The number of aliphatic imine (C=N–C) groups is 1. The Morgan fingerprint density at radius 3 is 2.93 bits per heavy atom. The zero-order chi connectivity index (χ0) is 11.1. The van der Waals surface area contributed by atoms with E-state index in [1.54, 1.807) is 12.3 Å². The summed E-state index contributed by atoms with van der Waals surface area (Å²) in [6.45, 7) is 4.02. The third kappa shape index (κ3) is 3.40. The molecule has 15 heavy (non-hydrogen) atoms. The maximum atomic E-state index is 5.24. The zero-order valence-corrected chi connectivity index (χ0v) is 9.07. The third-order valence-corrected chi connectivity index (χ3v) is 1.81. The number of allylic oxidation sites excluding steroid dienone is 1. The van der Waals surface area contributed by atoms with Gasteiger partial charge in [-0.3, -0.25) is 9.98 Å². The van der Waals surface area contributed by atoms with E-state index in [9.17, 15) is 0 Å². The topological polar surface area (TPSA) is 25.2 Å². The van der Waals surface area contributed by atoms with Crippen LogP contribution in [0, 0.1) is 19.3 Å². The minimum atomic E-state index is 0.736. The van der Waals surface area contributed by atoms with Gasteiger partial charge in [0.05, 0.1) is 11.4 Å². The molecular weight excluding hydrogens is 184 g/mol. The average Bonchev–Trinajstić information content (AvgIpc) is 2.25. The molecule has 76 valence electrons. The molecule has 1 aromatic heterocycles. The van der Waals surface area contributed by atoms with Gasteiger partial charge in [0.15, 0.2) is 0 Å². The van der Waals surface area contributed by atoms with Gasteiger partial charge in [-0.1, -0.05) is 18.9 Å². The van der Waals surface area contributed by atoms with Gasteiger partial charge in [-0.2, -0.15) is 0 Å². The summed E-state index contributed by atoms with van der Waals surface area (Å²) in [6, 6.07) is 3.92. The molecule has 0 aliphatic carbocycles. The van der Waals surface area contributed by atoms with E-state index in [2.05, 4.69) is 15.9 Å². The predicted molar refractivity (Wildman–Crippen MR) is 64.6 cm³/mol. The first kappa shape index (κ1) is 11.2. The Kier molecular flexibility index (Phi) is 4.30. The van der Waals surface area contributed by atoms with Crippen molar-refractivity contribution in [2.45, 2.75) is 20.3 Å². The summed E-state index contributed by atoms with van der Waals surface area (Å²) in [6.07, 6.45) is 11.4. The van der Waals surface area contributed by atoms with Crippen molar-refractivity contribution in [3.63, 3.8) is 0 Å². The molecule has 0 fully saturated rings. The van der Waals surface area contributed by atoms with E-state index in [0.29, 0.717) is 0 Å². The number of nitrogens with zero attached hydrogens (tertiary/aromatic N) is 2. The van der Waals surface area contributed by atoms with Crippen LogP contribution in [-0.2, 0) is 0 Å². The van der Waals surface area contributed by atoms with E-state index in [-0.39, 0.29) is 0 Å². The van der Waals surface area contributed by atoms with Crippen molar-refractivity contribution in [1.82, 2.24) is 4.98 Å². The van der Waals surface area contributed by atoms with Gasteiger partial charge < -0.3 is 0 Å². The fraction of sp³-hybridized carbons (Fsp3) is 0.231. The fourth-order valence-electron chi connectivity index (χ4n) is 1.07. The highest BCUT2D eigenvalue weighted by Gasteiger charge is 1.98. The molecule has 1 heterocycles. The largest absolute Gasteiger partial charge is 0.258 e. The number of pyridine rings is 1. The minimum absolute atomic E-state index is 0.736. The number of aryl methyl sites for hydroxylation is 1. The van der Waals surface area contributed by atoms with Crippen LogP contribution in [0.25, 0.3) is 5.70 Å². The van der Waals surface area contributed by atoms with Gasteiger partial charge >= 0.3 is 0 Å². The minimum Gasteiger partial charge on any atom is -0.258 e. The third-order valence-electron chi connectivity index (χ3n) is 1.81. The van der Waals surface area contributed by atoms with Crippen LogP contribution in [-0.4, -0.2) is 11.2 Å². The molecule has 0 atom stereocenters. The lowest BCUT2D eigenvalue weighted by molar-refractivity contribution is 1.21. The standard InChI is InChI=1S/C13H14N2/c1-4-6-12(14-9-5-2)13-8-7-11(3)10-15-13/h1,6-10H,5H2,2-3H3/b12-6-,14-9?. The first-order valence-corrected chi connectivity index (χ1v) is 4.89. The second kappa shape index (κ2) is 5.77. The van der Waals surface area contributed by atoms with E-state index in [1.807, 2.05) is 32.2 Å². The molecule has 0 amide bonds. The van der Waals surface area contributed by atoms with Gasteiger partial charge in [-0.05, 0) is 25.0 Å². The first-order valence-electron chi connectivity index (χ1n) is 4.89. The SMILES string of the molecule is C#C/C=C(\N=CCC)c1ccc(C)cn1. The molecule has 2 nitrogen and oxygen atoms in total. The van der Waals surface area contributed by atoms with Crippen molar-refractivity contribution in [1.29, 1.82) is 0 Å². The Morgan fingerprint density at radius 1 is 1.60 bits per heavy atom. The Balaban J connectivity index is 3.01. The molecule has 1 aromatic rings. The quantitative estimate of drug-likeness (QED) is 0.541. The number of rotatable bonds is 3. The van der Waals surface area contributed by atoms with Gasteiger partial charge in [-0.15, -0.1) is 6.42 Å². The summed E-state index contributed by atoms with van der Waals surface area (Å²) in [4.78, 5) is 8.54. The average molecular weight is 198 g/mol. The Morgan fingerprint density at radius 2 is 2.40 bits per heavy atom. The van der Waals surface area contributed by atoms with Gasteiger partial charge in [0, 0.05) is 18.5 Å². The van der Waals surface area contributed by atoms with Crippen LogP contribution >= 0.6 is 0 Å². The number of hydrogen-bond donors (Lipinski definition) is 0. The van der Waals surface area contributed by atoms with Crippen LogP contribution in [0.2, 0.25) is 0 Å². The molecular formula is C13H14N2. The highest BCUT2D eigenvalue weighted by atomic mass is 14.8. The van der Waals surface area contributed by atoms with E-state index in [4.69, 9.17) is 6.42 Å². The van der Waals surface area contributed by atoms with Crippen LogP contribution in [0.3, 0.4) is 0 Å². The number of aromatic nitrogens is 1. The van der Waals surface area contributed by atoms with Crippen molar-refractivity contribution >= 4 is 11.9 Å². The van der Waals surface area contributed by atoms with Crippen molar-refractivity contribution in [3.8, 4) is 12.3 Å². The lowest BCUT2D eigenvalue weighted by Gasteiger charge is -1.99.